The highest BCUT2D eigenvalue weighted by molar-refractivity contribution is 6.60. The van der Waals surface area contributed by atoms with Gasteiger partial charge in [-0.15, -0.1) is 0 Å². The van der Waals surface area contributed by atoms with Crippen LogP contribution in [0.2, 0.25) is 6.04 Å². The maximum absolute atomic E-state index is 6.16. The zero-order valence-electron chi connectivity index (χ0n) is 12.1. The summed E-state index contributed by atoms with van der Waals surface area (Å²) in [5, 5.41) is 0. The fourth-order valence-electron chi connectivity index (χ4n) is 2.13. The summed E-state index contributed by atoms with van der Waals surface area (Å²) in [6.07, 6.45) is 3.01. The zero-order valence-corrected chi connectivity index (χ0v) is 13.1. The van der Waals surface area contributed by atoms with Crippen molar-refractivity contribution in [3.63, 3.8) is 0 Å². The van der Waals surface area contributed by atoms with Gasteiger partial charge in [0.1, 0.15) is 0 Å². The van der Waals surface area contributed by atoms with Crippen LogP contribution in [0.25, 0.3) is 0 Å². The lowest BCUT2D eigenvalue weighted by atomic mass is 10.0. The largest absolute Gasteiger partial charge is 0.500 e. The van der Waals surface area contributed by atoms with E-state index in [9.17, 15) is 0 Å². The molecule has 0 aliphatic rings. The molecule has 0 heterocycles. The van der Waals surface area contributed by atoms with E-state index in [1.54, 1.807) is 21.3 Å². The number of unbranched alkanes of at least 4 members (excludes halogenated alkanes) is 1. The Kier molecular flexibility index (Phi) is 7.26. The Hall–Kier alpha value is -0.723. The van der Waals surface area contributed by atoms with Crippen LogP contribution in [0.15, 0.2) is 30.3 Å². The summed E-state index contributed by atoms with van der Waals surface area (Å²) in [5.74, 6) is 0. The normalized spacial score (nSPS) is 13.5. The van der Waals surface area contributed by atoms with Gasteiger partial charge in [0.25, 0.3) is 0 Å². The third-order valence-electron chi connectivity index (χ3n) is 3.41. The van der Waals surface area contributed by atoms with Crippen molar-refractivity contribution in [3.8, 4) is 0 Å². The Morgan fingerprint density at radius 2 is 1.58 bits per heavy atom. The molecule has 0 radical (unpaired) electrons. The molecule has 0 spiro atoms. The second kappa shape index (κ2) is 8.45. The van der Waals surface area contributed by atoms with E-state index in [1.165, 1.54) is 5.56 Å². The summed E-state index contributed by atoms with van der Waals surface area (Å²) in [5.41, 5.74) is 7.35. The zero-order chi connectivity index (χ0) is 14.1. The summed E-state index contributed by atoms with van der Waals surface area (Å²) < 4.78 is 16.2. The van der Waals surface area contributed by atoms with Gasteiger partial charge in [-0.2, -0.15) is 0 Å². The third-order valence-corrected chi connectivity index (χ3v) is 6.24. The van der Waals surface area contributed by atoms with Crippen LogP contribution < -0.4 is 5.73 Å². The minimum absolute atomic E-state index is 0.102. The molecule has 0 aromatic heterocycles. The highest BCUT2D eigenvalue weighted by Crippen LogP contribution is 2.21. The minimum atomic E-state index is -2.41. The van der Waals surface area contributed by atoms with Crippen LogP contribution >= 0.6 is 0 Å². The predicted molar refractivity (Wildman–Crippen MR) is 78.8 cm³/mol. The van der Waals surface area contributed by atoms with Gasteiger partial charge >= 0.3 is 8.80 Å². The van der Waals surface area contributed by atoms with Gasteiger partial charge in [-0.3, -0.25) is 0 Å². The topological polar surface area (TPSA) is 53.7 Å². The Morgan fingerprint density at radius 3 is 2.11 bits per heavy atom. The van der Waals surface area contributed by atoms with Gasteiger partial charge in [0, 0.05) is 33.4 Å². The van der Waals surface area contributed by atoms with Crippen LogP contribution in [-0.2, 0) is 13.3 Å². The van der Waals surface area contributed by atoms with Crippen molar-refractivity contribution in [2.24, 2.45) is 5.73 Å². The Bertz CT molecular complexity index is 336. The van der Waals surface area contributed by atoms with Gasteiger partial charge in [0.15, 0.2) is 0 Å². The lowest BCUT2D eigenvalue weighted by Crippen LogP contribution is -2.42. The Balaban J connectivity index is 2.31. The highest BCUT2D eigenvalue weighted by Gasteiger charge is 2.36. The van der Waals surface area contributed by atoms with Gasteiger partial charge in [0.05, 0.1) is 0 Å². The van der Waals surface area contributed by atoms with Crippen molar-refractivity contribution in [2.75, 3.05) is 21.3 Å². The summed E-state index contributed by atoms with van der Waals surface area (Å²) in [4.78, 5) is 0. The van der Waals surface area contributed by atoms with Crippen molar-refractivity contribution >= 4 is 8.80 Å². The van der Waals surface area contributed by atoms with Gasteiger partial charge in [-0.25, -0.2) is 0 Å². The molecule has 2 N–H and O–H groups in total. The molecule has 0 saturated carbocycles. The summed E-state index contributed by atoms with van der Waals surface area (Å²) in [6.45, 7) is 0. The standard InChI is InChI=1S/C14H25NO3Si/c1-16-19(17-2,18-3)12-8-7-11-14(15)13-9-5-4-6-10-13/h4-6,9-10,14H,7-8,11-12,15H2,1-3H3. The molecule has 4 nitrogen and oxygen atoms in total. The van der Waals surface area contributed by atoms with E-state index in [1.807, 2.05) is 18.2 Å². The molecule has 0 aliphatic carbocycles. The third kappa shape index (κ3) is 5.04. The molecule has 1 rings (SSSR count). The number of hydrogen-bond donors (Lipinski definition) is 1. The van der Waals surface area contributed by atoms with Crippen molar-refractivity contribution in [1.29, 1.82) is 0 Å². The number of nitrogens with two attached hydrogens (primary N) is 1. The van der Waals surface area contributed by atoms with Crippen LogP contribution in [0.4, 0.5) is 0 Å². The number of rotatable bonds is 9. The minimum Gasteiger partial charge on any atom is -0.377 e. The van der Waals surface area contributed by atoms with Crippen LogP contribution in [-0.4, -0.2) is 30.1 Å². The fourth-order valence-corrected chi connectivity index (χ4v) is 3.92. The summed E-state index contributed by atoms with van der Waals surface area (Å²) in [6, 6.07) is 11.1. The first-order valence-corrected chi connectivity index (χ1v) is 8.56. The summed E-state index contributed by atoms with van der Waals surface area (Å²) in [7, 11) is 2.53. The van der Waals surface area contributed by atoms with Crippen molar-refractivity contribution in [2.45, 2.75) is 31.3 Å². The molecule has 1 aromatic carbocycles. The lowest BCUT2D eigenvalue weighted by Gasteiger charge is -2.24. The maximum atomic E-state index is 6.16. The molecule has 0 fully saturated rings. The van der Waals surface area contributed by atoms with Crippen LogP contribution in [0.5, 0.6) is 0 Å². The van der Waals surface area contributed by atoms with Crippen LogP contribution in [0.1, 0.15) is 30.9 Å². The van der Waals surface area contributed by atoms with Crippen molar-refractivity contribution in [3.05, 3.63) is 35.9 Å². The molecule has 0 amide bonds. The maximum Gasteiger partial charge on any atom is 0.500 e. The lowest BCUT2D eigenvalue weighted by molar-refractivity contribution is 0.122. The van der Waals surface area contributed by atoms with E-state index in [-0.39, 0.29) is 6.04 Å². The van der Waals surface area contributed by atoms with Gasteiger partial charge in [-0.1, -0.05) is 36.8 Å². The first kappa shape index (κ1) is 16.3. The van der Waals surface area contributed by atoms with Crippen LogP contribution in [0, 0.1) is 0 Å². The summed E-state index contributed by atoms with van der Waals surface area (Å²) >= 11 is 0. The average molecular weight is 283 g/mol. The molecule has 1 aromatic rings. The SMILES string of the molecule is CO[Si](CCCCC(N)c1ccccc1)(OC)OC. The molecular weight excluding hydrogens is 258 g/mol. The first-order chi connectivity index (χ1) is 9.17. The Labute approximate surface area is 117 Å². The first-order valence-electron chi connectivity index (χ1n) is 6.63. The molecule has 19 heavy (non-hydrogen) atoms. The Morgan fingerprint density at radius 1 is 1.00 bits per heavy atom. The second-order valence-electron chi connectivity index (χ2n) is 4.56. The molecule has 1 atom stereocenters. The van der Waals surface area contributed by atoms with Crippen molar-refractivity contribution in [1.82, 2.24) is 0 Å². The molecule has 1 unspecified atom stereocenters. The van der Waals surface area contributed by atoms with E-state index in [4.69, 9.17) is 19.0 Å². The molecular formula is C14H25NO3Si. The van der Waals surface area contributed by atoms with E-state index < -0.39 is 8.80 Å². The predicted octanol–water partition coefficient (Wildman–Crippen LogP) is 2.73. The molecule has 0 saturated heterocycles. The van der Waals surface area contributed by atoms with Gasteiger partial charge in [0.2, 0.25) is 0 Å². The second-order valence-corrected chi connectivity index (χ2v) is 7.65. The monoisotopic (exact) mass is 283 g/mol. The van der Waals surface area contributed by atoms with Gasteiger partial charge < -0.3 is 19.0 Å². The molecule has 5 heteroatoms. The fraction of sp³-hybridized carbons (Fsp3) is 0.571. The quantitative estimate of drug-likeness (QED) is 0.559. The van der Waals surface area contributed by atoms with E-state index in [0.29, 0.717) is 0 Å². The van der Waals surface area contributed by atoms with E-state index in [2.05, 4.69) is 12.1 Å². The smallest absolute Gasteiger partial charge is 0.377 e. The number of benzene rings is 1. The molecule has 0 bridgehead atoms. The van der Waals surface area contributed by atoms with Gasteiger partial charge in [-0.05, 0) is 18.4 Å². The van der Waals surface area contributed by atoms with Crippen molar-refractivity contribution < 1.29 is 13.3 Å². The molecule has 108 valence electrons. The number of hydrogen-bond acceptors (Lipinski definition) is 4. The molecule has 0 aliphatic heterocycles. The van der Waals surface area contributed by atoms with E-state index in [0.717, 1.165) is 25.3 Å². The highest BCUT2D eigenvalue weighted by atomic mass is 28.4. The van der Waals surface area contributed by atoms with Crippen LogP contribution in [0.3, 0.4) is 0 Å². The average Bonchev–Trinajstić information content (AvgIpc) is 2.49. The van der Waals surface area contributed by atoms with E-state index >= 15 is 0 Å².